The van der Waals surface area contributed by atoms with E-state index in [2.05, 4.69) is 11.9 Å². The number of carbonyl (C=O) groups is 1. The first kappa shape index (κ1) is 12.4. The van der Waals surface area contributed by atoms with E-state index >= 15 is 0 Å². The molecule has 1 amide bonds. The number of carbonyl (C=O) groups excluding carboxylic acids is 1. The Morgan fingerprint density at radius 2 is 2.17 bits per heavy atom. The van der Waals surface area contributed by atoms with Crippen molar-refractivity contribution in [3.05, 3.63) is 0 Å². The molecule has 0 bridgehead atoms. The Labute approximate surface area is 108 Å². The van der Waals surface area contributed by atoms with Crippen molar-refractivity contribution in [3.8, 4) is 0 Å². The molecular weight excluding hydrogens is 232 g/mol. The van der Waals surface area contributed by atoms with E-state index in [1.807, 2.05) is 4.90 Å². The molecule has 0 aromatic carbocycles. The predicted molar refractivity (Wildman–Crippen MR) is 66.2 cm³/mol. The molecule has 1 N–H and O–H groups in total. The molecule has 3 aliphatic rings. The maximum absolute atomic E-state index is 12.5. The number of nitrogens with zero attached hydrogens (tertiary/aromatic N) is 2. The van der Waals surface area contributed by atoms with E-state index in [0.29, 0.717) is 26.0 Å². The van der Waals surface area contributed by atoms with Gasteiger partial charge in [0.2, 0.25) is 0 Å². The van der Waals surface area contributed by atoms with Gasteiger partial charge in [-0.3, -0.25) is 4.79 Å². The molecule has 2 aliphatic heterocycles. The lowest BCUT2D eigenvalue weighted by atomic mass is 9.78. The quantitative estimate of drug-likeness (QED) is 0.706. The normalized spacial score (nSPS) is 35.8. The first-order valence-electron chi connectivity index (χ1n) is 6.94. The Bertz CT molecular complexity index is 343. The van der Waals surface area contributed by atoms with Crippen molar-refractivity contribution in [2.45, 2.75) is 43.4 Å². The number of rotatable bonds is 1. The zero-order valence-electron chi connectivity index (χ0n) is 11.0. The highest BCUT2D eigenvalue weighted by molar-refractivity contribution is 5.86. The molecule has 0 aromatic heterocycles. The lowest BCUT2D eigenvalue weighted by Crippen LogP contribution is -2.65. The zero-order chi connectivity index (χ0) is 12.8. The van der Waals surface area contributed by atoms with E-state index in [-0.39, 0.29) is 18.1 Å². The molecule has 2 saturated heterocycles. The van der Waals surface area contributed by atoms with Gasteiger partial charge in [-0.25, -0.2) is 0 Å². The molecule has 3 fully saturated rings. The molecule has 102 valence electrons. The number of aliphatic hydroxyl groups is 1. The second-order valence-electron chi connectivity index (χ2n) is 5.91. The Balaban J connectivity index is 1.75. The third-order valence-corrected chi connectivity index (χ3v) is 4.63. The summed E-state index contributed by atoms with van der Waals surface area (Å²) in [5.41, 5.74) is -1.07. The molecular formula is C13H22N2O3. The van der Waals surface area contributed by atoms with Crippen LogP contribution >= 0.6 is 0 Å². The Kier molecular flexibility index (Phi) is 3.08. The monoisotopic (exact) mass is 254 g/mol. The fourth-order valence-corrected chi connectivity index (χ4v) is 3.28. The van der Waals surface area contributed by atoms with Crippen LogP contribution in [0.3, 0.4) is 0 Å². The van der Waals surface area contributed by atoms with E-state index in [1.165, 1.54) is 0 Å². The van der Waals surface area contributed by atoms with Gasteiger partial charge < -0.3 is 19.6 Å². The predicted octanol–water partition coefficient (Wildman–Crippen LogP) is -0.167. The summed E-state index contributed by atoms with van der Waals surface area (Å²) in [6.45, 7) is 3.10. The maximum atomic E-state index is 12.5. The van der Waals surface area contributed by atoms with Crippen molar-refractivity contribution in [1.29, 1.82) is 0 Å². The Morgan fingerprint density at radius 3 is 2.83 bits per heavy atom. The molecule has 5 heteroatoms. The van der Waals surface area contributed by atoms with Crippen LogP contribution in [0.1, 0.15) is 25.7 Å². The Hall–Kier alpha value is -0.650. The minimum Gasteiger partial charge on any atom is -0.380 e. The van der Waals surface area contributed by atoms with E-state index in [9.17, 15) is 9.90 Å². The van der Waals surface area contributed by atoms with E-state index < -0.39 is 5.60 Å². The number of likely N-dealkylation sites (tertiary alicyclic amines) is 1. The summed E-state index contributed by atoms with van der Waals surface area (Å²) in [4.78, 5) is 16.6. The van der Waals surface area contributed by atoms with Gasteiger partial charge in [0.15, 0.2) is 0 Å². The second kappa shape index (κ2) is 4.47. The van der Waals surface area contributed by atoms with E-state index in [4.69, 9.17) is 4.74 Å². The summed E-state index contributed by atoms with van der Waals surface area (Å²) in [5, 5.41) is 10.2. The van der Waals surface area contributed by atoms with Crippen molar-refractivity contribution in [2.24, 2.45) is 0 Å². The smallest absolute Gasteiger partial charge is 0.254 e. The minimum atomic E-state index is -1.07. The van der Waals surface area contributed by atoms with Crippen molar-refractivity contribution in [1.82, 2.24) is 9.80 Å². The minimum absolute atomic E-state index is 0.0673. The number of ether oxygens (including phenoxy) is 1. The summed E-state index contributed by atoms with van der Waals surface area (Å²) in [6.07, 6.45) is 3.33. The number of piperidine rings is 1. The van der Waals surface area contributed by atoms with Gasteiger partial charge >= 0.3 is 0 Å². The van der Waals surface area contributed by atoms with Crippen LogP contribution in [0.2, 0.25) is 0 Å². The van der Waals surface area contributed by atoms with Crippen molar-refractivity contribution >= 4 is 5.91 Å². The summed E-state index contributed by atoms with van der Waals surface area (Å²) in [6, 6.07) is 0.120. The standard InChI is InChI=1S/C13H22N2O3/c1-14-6-3-11-10(9-14)15(7-8-18-11)12(16)13(17)4-2-5-13/h10-11,17H,2-9H2,1H3/t10-,11+/m0/s1. The van der Waals surface area contributed by atoms with Crippen LogP contribution in [-0.4, -0.2) is 71.8 Å². The van der Waals surface area contributed by atoms with Gasteiger partial charge in [-0.05, 0) is 32.7 Å². The number of likely N-dealkylation sites (N-methyl/N-ethyl adjacent to an activating group) is 1. The van der Waals surface area contributed by atoms with Crippen molar-refractivity contribution < 1.29 is 14.6 Å². The largest absolute Gasteiger partial charge is 0.380 e. The van der Waals surface area contributed by atoms with E-state index in [0.717, 1.165) is 25.9 Å². The van der Waals surface area contributed by atoms with Gasteiger partial charge in [-0.2, -0.15) is 0 Å². The topological polar surface area (TPSA) is 53.0 Å². The highest BCUT2D eigenvalue weighted by Gasteiger charge is 2.48. The van der Waals surface area contributed by atoms with Gasteiger partial charge in [0.05, 0.1) is 18.8 Å². The number of hydrogen-bond acceptors (Lipinski definition) is 4. The van der Waals surface area contributed by atoms with Crippen molar-refractivity contribution in [2.75, 3.05) is 33.3 Å². The zero-order valence-corrected chi connectivity index (χ0v) is 11.0. The maximum Gasteiger partial charge on any atom is 0.254 e. The molecule has 2 heterocycles. The summed E-state index contributed by atoms with van der Waals surface area (Å²) < 4.78 is 5.77. The number of morpholine rings is 1. The molecule has 0 aromatic rings. The number of fused-ring (bicyclic) bond motifs is 1. The van der Waals surface area contributed by atoms with E-state index in [1.54, 1.807) is 0 Å². The summed E-state index contributed by atoms with van der Waals surface area (Å²) in [7, 11) is 2.07. The molecule has 0 unspecified atom stereocenters. The van der Waals surface area contributed by atoms with Gasteiger partial charge in [-0.1, -0.05) is 0 Å². The highest BCUT2D eigenvalue weighted by atomic mass is 16.5. The molecule has 1 aliphatic carbocycles. The first-order chi connectivity index (χ1) is 8.60. The third kappa shape index (κ3) is 1.94. The number of hydrogen-bond donors (Lipinski definition) is 1. The SMILES string of the molecule is CN1CC[C@H]2OCCN(C(=O)C3(O)CCC3)[C@H]2C1. The Morgan fingerprint density at radius 1 is 1.39 bits per heavy atom. The van der Waals surface area contributed by atoms with Gasteiger partial charge in [-0.15, -0.1) is 0 Å². The van der Waals surface area contributed by atoms with Gasteiger partial charge in [0, 0.05) is 19.6 Å². The van der Waals surface area contributed by atoms with Gasteiger partial charge in [0.25, 0.3) is 5.91 Å². The molecule has 3 rings (SSSR count). The molecule has 0 spiro atoms. The van der Waals surface area contributed by atoms with Crippen LogP contribution in [0.25, 0.3) is 0 Å². The lowest BCUT2D eigenvalue weighted by Gasteiger charge is -2.49. The molecule has 1 saturated carbocycles. The van der Waals surface area contributed by atoms with Crippen LogP contribution in [0.4, 0.5) is 0 Å². The van der Waals surface area contributed by atoms with Crippen molar-refractivity contribution in [3.63, 3.8) is 0 Å². The summed E-state index contributed by atoms with van der Waals surface area (Å²) >= 11 is 0. The fraction of sp³-hybridized carbons (Fsp3) is 0.923. The average Bonchev–Trinajstić information content (AvgIpc) is 2.34. The second-order valence-corrected chi connectivity index (χ2v) is 5.91. The first-order valence-corrected chi connectivity index (χ1v) is 6.94. The molecule has 2 atom stereocenters. The van der Waals surface area contributed by atoms with Crippen LogP contribution in [0.5, 0.6) is 0 Å². The molecule has 0 radical (unpaired) electrons. The van der Waals surface area contributed by atoms with Crippen LogP contribution in [-0.2, 0) is 9.53 Å². The van der Waals surface area contributed by atoms with Crippen LogP contribution in [0, 0.1) is 0 Å². The molecule has 18 heavy (non-hydrogen) atoms. The molecule has 5 nitrogen and oxygen atoms in total. The highest BCUT2D eigenvalue weighted by Crippen LogP contribution is 2.35. The van der Waals surface area contributed by atoms with Crippen LogP contribution in [0.15, 0.2) is 0 Å². The lowest BCUT2D eigenvalue weighted by molar-refractivity contribution is -0.177. The van der Waals surface area contributed by atoms with Gasteiger partial charge in [0.1, 0.15) is 5.60 Å². The summed E-state index contributed by atoms with van der Waals surface area (Å²) in [5.74, 6) is -0.0673. The van der Waals surface area contributed by atoms with Crippen LogP contribution < -0.4 is 0 Å². The average molecular weight is 254 g/mol. The third-order valence-electron chi connectivity index (χ3n) is 4.63. The fourth-order valence-electron chi connectivity index (χ4n) is 3.28. The number of amides is 1.